The zero-order valence-electron chi connectivity index (χ0n) is 12.5. The highest BCUT2D eigenvalue weighted by molar-refractivity contribution is 5.52. The standard InChI is InChI=1S/C14H17N7O/c1-11-18-16-10-21(11)8-7-20(2)9-13-17-14(19-22-13)12-3-5-15-6-4-12/h3-6,10H,7-9H2,1-2H3. The molecule has 3 rings (SSSR count). The Bertz CT molecular complexity index is 722. The molecule has 3 aromatic heterocycles. The maximum absolute atomic E-state index is 5.30. The lowest BCUT2D eigenvalue weighted by atomic mass is 10.2. The topological polar surface area (TPSA) is 85.8 Å². The van der Waals surface area contributed by atoms with Gasteiger partial charge in [0, 0.05) is 31.0 Å². The summed E-state index contributed by atoms with van der Waals surface area (Å²) >= 11 is 0. The Balaban J connectivity index is 1.57. The maximum atomic E-state index is 5.30. The summed E-state index contributed by atoms with van der Waals surface area (Å²) in [5, 5.41) is 11.8. The summed E-state index contributed by atoms with van der Waals surface area (Å²) in [6.07, 6.45) is 5.15. The van der Waals surface area contributed by atoms with Crippen LogP contribution in [0.25, 0.3) is 11.4 Å². The summed E-state index contributed by atoms with van der Waals surface area (Å²) in [6, 6.07) is 3.71. The summed E-state index contributed by atoms with van der Waals surface area (Å²) in [5.74, 6) is 2.08. The minimum absolute atomic E-state index is 0.584. The van der Waals surface area contributed by atoms with Crippen molar-refractivity contribution in [1.82, 2.24) is 34.8 Å². The Morgan fingerprint density at radius 1 is 1.27 bits per heavy atom. The molecule has 8 nitrogen and oxygen atoms in total. The number of pyridine rings is 1. The Kier molecular flexibility index (Phi) is 4.19. The van der Waals surface area contributed by atoms with Crippen molar-refractivity contribution in [2.75, 3.05) is 13.6 Å². The van der Waals surface area contributed by atoms with E-state index in [1.165, 1.54) is 0 Å². The zero-order chi connectivity index (χ0) is 15.4. The zero-order valence-corrected chi connectivity index (χ0v) is 12.5. The second kappa shape index (κ2) is 6.44. The number of hydrogen-bond acceptors (Lipinski definition) is 7. The van der Waals surface area contributed by atoms with Gasteiger partial charge in [-0.2, -0.15) is 4.98 Å². The third-order valence-electron chi connectivity index (χ3n) is 3.34. The molecule has 3 heterocycles. The van der Waals surface area contributed by atoms with Gasteiger partial charge < -0.3 is 9.09 Å². The summed E-state index contributed by atoms with van der Waals surface area (Å²) in [4.78, 5) is 10.5. The highest BCUT2D eigenvalue weighted by atomic mass is 16.5. The first-order valence-electron chi connectivity index (χ1n) is 6.98. The van der Waals surface area contributed by atoms with Gasteiger partial charge in [0.2, 0.25) is 11.7 Å². The van der Waals surface area contributed by atoms with Crippen molar-refractivity contribution in [1.29, 1.82) is 0 Å². The van der Waals surface area contributed by atoms with E-state index >= 15 is 0 Å². The third kappa shape index (κ3) is 3.34. The third-order valence-corrected chi connectivity index (χ3v) is 3.34. The average Bonchev–Trinajstić information content (AvgIpc) is 3.15. The number of rotatable bonds is 6. The maximum Gasteiger partial charge on any atom is 0.241 e. The van der Waals surface area contributed by atoms with E-state index in [4.69, 9.17) is 4.52 Å². The fourth-order valence-corrected chi connectivity index (χ4v) is 2.06. The van der Waals surface area contributed by atoms with Crippen molar-refractivity contribution < 1.29 is 4.52 Å². The predicted octanol–water partition coefficient (Wildman–Crippen LogP) is 1.16. The molecule has 114 valence electrons. The van der Waals surface area contributed by atoms with E-state index < -0.39 is 0 Å². The van der Waals surface area contributed by atoms with Crippen LogP contribution in [0.1, 0.15) is 11.7 Å². The van der Waals surface area contributed by atoms with Gasteiger partial charge >= 0.3 is 0 Å². The smallest absolute Gasteiger partial charge is 0.241 e. The molecule has 0 radical (unpaired) electrons. The summed E-state index contributed by atoms with van der Waals surface area (Å²) in [5.41, 5.74) is 0.896. The van der Waals surface area contributed by atoms with Crippen LogP contribution < -0.4 is 0 Å². The number of likely N-dealkylation sites (N-methyl/N-ethyl adjacent to an activating group) is 1. The molecule has 0 aliphatic heterocycles. The van der Waals surface area contributed by atoms with Gasteiger partial charge in [0.1, 0.15) is 12.2 Å². The Morgan fingerprint density at radius 3 is 2.82 bits per heavy atom. The van der Waals surface area contributed by atoms with E-state index in [0.717, 1.165) is 24.5 Å². The van der Waals surface area contributed by atoms with E-state index in [2.05, 4.69) is 30.2 Å². The summed E-state index contributed by atoms with van der Waals surface area (Å²) in [7, 11) is 2.01. The minimum atomic E-state index is 0.584. The fourth-order valence-electron chi connectivity index (χ4n) is 2.06. The molecule has 3 aromatic rings. The van der Waals surface area contributed by atoms with Gasteiger partial charge in [0.25, 0.3) is 0 Å². The van der Waals surface area contributed by atoms with Crippen molar-refractivity contribution in [2.45, 2.75) is 20.0 Å². The van der Waals surface area contributed by atoms with Gasteiger partial charge in [-0.3, -0.25) is 9.88 Å². The molecule has 0 N–H and O–H groups in total. The molecule has 0 amide bonds. The van der Waals surface area contributed by atoms with Crippen LogP contribution in [0.15, 0.2) is 35.4 Å². The molecule has 0 saturated carbocycles. The minimum Gasteiger partial charge on any atom is -0.338 e. The highest BCUT2D eigenvalue weighted by Gasteiger charge is 2.11. The first-order chi connectivity index (χ1) is 10.7. The van der Waals surface area contributed by atoms with Gasteiger partial charge in [-0.15, -0.1) is 10.2 Å². The van der Waals surface area contributed by atoms with Gasteiger partial charge in [0.05, 0.1) is 6.54 Å². The molecular weight excluding hydrogens is 282 g/mol. The molecule has 0 spiro atoms. The van der Waals surface area contributed by atoms with E-state index in [1.807, 2.05) is 30.7 Å². The predicted molar refractivity (Wildman–Crippen MR) is 78.6 cm³/mol. The molecule has 0 aromatic carbocycles. The second-order valence-corrected chi connectivity index (χ2v) is 5.06. The van der Waals surface area contributed by atoms with Crippen LogP contribution in [0.4, 0.5) is 0 Å². The van der Waals surface area contributed by atoms with Gasteiger partial charge in [-0.1, -0.05) is 5.16 Å². The Morgan fingerprint density at radius 2 is 2.09 bits per heavy atom. The first-order valence-corrected chi connectivity index (χ1v) is 6.98. The normalized spacial score (nSPS) is 11.2. The van der Waals surface area contributed by atoms with E-state index in [9.17, 15) is 0 Å². The number of nitrogens with zero attached hydrogens (tertiary/aromatic N) is 7. The summed E-state index contributed by atoms with van der Waals surface area (Å²) in [6.45, 7) is 4.19. The van der Waals surface area contributed by atoms with Crippen LogP contribution in [0.3, 0.4) is 0 Å². The molecular formula is C14H17N7O. The van der Waals surface area contributed by atoms with Gasteiger partial charge in [0.15, 0.2) is 0 Å². The Hall–Kier alpha value is -2.61. The first kappa shape index (κ1) is 14.3. The largest absolute Gasteiger partial charge is 0.338 e. The van der Waals surface area contributed by atoms with Crippen molar-refractivity contribution in [3.05, 3.63) is 42.6 Å². The van der Waals surface area contributed by atoms with Crippen LogP contribution in [-0.4, -0.2) is 48.4 Å². The molecule has 0 atom stereocenters. The molecule has 0 aliphatic rings. The van der Waals surface area contributed by atoms with Gasteiger partial charge in [-0.25, -0.2) is 0 Å². The molecule has 8 heteroatoms. The summed E-state index contributed by atoms with van der Waals surface area (Å²) < 4.78 is 7.30. The van der Waals surface area contributed by atoms with Crippen LogP contribution in [0, 0.1) is 6.92 Å². The van der Waals surface area contributed by atoms with Crippen LogP contribution >= 0.6 is 0 Å². The van der Waals surface area contributed by atoms with E-state index in [-0.39, 0.29) is 0 Å². The van der Waals surface area contributed by atoms with Crippen LogP contribution in [-0.2, 0) is 13.1 Å². The van der Waals surface area contributed by atoms with Crippen molar-refractivity contribution >= 4 is 0 Å². The monoisotopic (exact) mass is 299 g/mol. The molecule has 0 fully saturated rings. The van der Waals surface area contributed by atoms with Crippen molar-refractivity contribution in [3.63, 3.8) is 0 Å². The quantitative estimate of drug-likeness (QED) is 0.675. The molecule has 22 heavy (non-hydrogen) atoms. The fraction of sp³-hybridized carbons (Fsp3) is 0.357. The molecule has 0 aliphatic carbocycles. The lowest BCUT2D eigenvalue weighted by Crippen LogP contribution is -2.23. The SMILES string of the molecule is Cc1nncn1CCN(C)Cc1nc(-c2ccncc2)no1. The molecule has 0 unspecified atom stereocenters. The van der Waals surface area contributed by atoms with Gasteiger partial charge in [-0.05, 0) is 26.1 Å². The Labute approximate surface area is 127 Å². The van der Waals surface area contributed by atoms with Crippen LogP contribution in [0.5, 0.6) is 0 Å². The number of hydrogen-bond donors (Lipinski definition) is 0. The van der Waals surface area contributed by atoms with Crippen LogP contribution in [0.2, 0.25) is 0 Å². The highest BCUT2D eigenvalue weighted by Crippen LogP contribution is 2.14. The molecule has 0 saturated heterocycles. The van der Waals surface area contributed by atoms with Crippen molar-refractivity contribution in [3.8, 4) is 11.4 Å². The van der Waals surface area contributed by atoms with E-state index in [1.54, 1.807) is 18.7 Å². The number of aromatic nitrogens is 6. The van der Waals surface area contributed by atoms with Crippen molar-refractivity contribution in [2.24, 2.45) is 0 Å². The molecule has 0 bridgehead atoms. The lowest BCUT2D eigenvalue weighted by Gasteiger charge is -2.14. The average molecular weight is 299 g/mol. The second-order valence-electron chi connectivity index (χ2n) is 5.06. The number of aryl methyl sites for hydroxylation is 1. The van der Waals surface area contributed by atoms with E-state index in [0.29, 0.717) is 18.3 Å². The lowest BCUT2D eigenvalue weighted by molar-refractivity contribution is 0.258.